The molecule has 2 rings (SSSR count). The summed E-state index contributed by atoms with van der Waals surface area (Å²) in [7, 11) is 0. The number of nitro groups is 1. The fraction of sp³-hybridized carbons (Fsp3) is 0.615. The Balaban J connectivity index is 1.84. The van der Waals surface area contributed by atoms with Crippen LogP contribution in [0.2, 0.25) is 0 Å². The number of thiophene rings is 1. The molecule has 1 atom stereocenters. The molecule has 1 aliphatic rings. The van der Waals surface area contributed by atoms with Crippen LogP contribution in [-0.2, 0) is 0 Å². The Morgan fingerprint density at radius 3 is 2.80 bits per heavy atom. The molecule has 0 aliphatic carbocycles. The van der Waals surface area contributed by atoms with E-state index in [0.29, 0.717) is 5.56 Å². The zero-order valence-electron chi connectivity index (χ0n) is 11.5. The van der Waals surface area contributed by atoms with Crippen LogP contribution in [0.15, 0.2) is 11.4 Å². The topological polar surface area (TPSA) is 75.5 Å². The van der Waals surface area contributed by atoms with Crippen LogP contribution in [0.3, 0.4) is 0 Å². The van der Waals surface area contributed by atoms with Gasteiger partial charge in [0.2, 0.25) is 0 Å². The Labute approximate surface area is 121 Å². The third-order valence-corrected chi connectivity index (χ3v) is 4.27. The maximum atomic E-state index is 12.0. The number of piperidine rings is 1. The minimum absolute atomic E-state index is 0.00108. The van der Waals surface area contributed by atoms with E-state index in [1.807, 2.05) is 6.92 Å². The van der Waals surface area contributed by atoms with Crippen molar-refractivity contribution in [3.63, 3.8) is 0 Å². The van der Waals surface area contributed by atoms with Gasteiger partial charge in [-0.15, -0.1) is 0 Å². The van der Waals surface area contributed by atoms with E-state index in [1.54, 1.807) is 0 Å². The lowest BCUT2D eigenvalue weighted by molar-refractivity contribution is -0.380. The number of hydrogen-bond acceptors (Lipinski definition) is 5. The molecule has 1 aliphatic heterocycles. The number of carbonyl (C=O) groups is 1. The van der Waals surface area contributed by atoms with Crippen molar-refractivity contribution in [3.05, 3.63) is 27.1 Å². The van der Waals surface area contributed by atoms with Gasteiger partial charge in [-0.3, -0.25) is 14.9 Å². The van der Waals surface area contributed by atoms with Gasteiger partial charge in [-0.1, -0.05) is 17.8 Å². The molecule has 0 aromatic carbocycles. The van der Waals surface area contributed by atoms with Gasteiger partial charge in [0.1, 0.15) is 0 Å². The van der Waals surface area contributed by atoms with Crippen molar-refractivity contribution in [2.75, 3.05) is 19.6 Å². The van der Waals surface area contributed by atoms with Crippen LogP contribution < -0.4 is 5.32 Å². The normalized spacial score (nSPS) is 17.6. The van der Waals surface area contributed by atoms with Crippen LogP contribution in [-0.4, -0.2) is 41.4 Å². The second kappa shape index (κ2) is 6.81. The summed E-state index contributed by atoms with van der Waals surface area (Å²) in [6.07, 6.45) is 3.73. The SMILES string of the molecule is CC(CN1CCCCC1)NC(=O)c1csc([N+](=O)[O-])c1. The average Bonchev–Trinajstić information content (AvgIpc) is 2.89. The summed E-state index contributed by atoms with van der Waals surface area (Å²) < 4.78 is 0. The second-order valence-corrected chi connectivity index (χ2v) is 6.06. The monoisotopic (exact) mass is 297 g/mol. The van der Waals surface area contributed by atoms with Crippen molar-refractivity contribution in [3.8, 4) is 0 Å². The highest BCUT2D eigenvalue weighted by Gasteiger charge is 2.18. The van der Waals surface area contributed by atoms with Crippen molar-refractivity contribution in [2.45, 2.75) is 32.2 Å². The number of rotatable bonds is 5. The maximum Gasteiger partial charge on any atom is 0.324 e. The lowest BCUT2D eigenvalue weighted by Gasteiger charge is -2.29. The molecule has 20 heavy (non-hydrogen) atoms. The first kappa shape index (κ1) is 14.9. The van der Waals surface area contributed by atoms with E-state index in [-0.39, 0.29) is 17.0 Å². The quantitative estimate of drug-likeness (QED) is 0.668. The molecule has 1 unspecified atom stereocenters. The van der Waals surface area contributed by atoms with E-state index in [0.717, 1.165) is 31.0 Å². The molecule has 1 aromatic rings. The Morgan fingerprint density at radius 1 is 1.50 bits per heavy atom. The van der Waals surface area contributed by atoms with E-state index in [2.05, 4.69) is 10.2 Å². The summed E-state index contributed by atoms with van der Waals surface area (Å²) in [5.74, 6) is -0.237. The van der Waals surface area contributed by atoms with Crippen LogP contribution in [0.4, 0.5) is 5.00 Å². The van der Waals surface area contributed by atoms with Gasteiger partial charge in [-0.2, -0.15) is 0 Å². The van der Waals surface area contributed by atoms with Crippen molar-refractivity contribution in [2.24, 2.45) is 0 Å². The predicted octanol–water partition coefficient (Wildman–Crippen LogP) is 2.26. The van der Waals surface area contributed by atoms with Crippen LogP contribution in [0.5, 0.6) is 0 Å². The number of hydrogen-bond donors (Lipinski definition) is 1. The summed E-state index contributed by atoms with van der Waals surface area (Å²) in [6, 6.07) is 1.37. The Hall–Kier alpha value is -1.47. The first-order chi connectivity index (χ1) is 9.56. The number of carbonyl (C=O) groups excluding carboxylic acids is 1. The number of nitrogens with one attached hydrogen (secondary N) is 1. The molecule has 110 valence electrons. The molecule has 1 aromatic heterocycles. The molecule has 0 spiro atoms. The first-order valence-corrected chi connectivity index (χ1v) is 7.70. The molecule has 0 bridgehead atoms. The summed E-state index contributed by atoms with van der Waals surface area (Å²) in [5, 5.41) is 15.0. The highest BCUT2D eigenvalue weighted by atomic mass is 32.1. The molecule has 1 fully saturated rings. The highest BCUT2D eigenvalue weighted by molar-refractivity contribution is 7.13. The lowest BCUT2D eigenvalue weighted by atomic mass is 10.1. The molecular formula is C13H19N3O3S. The van der Waals surface area contributed by atoms with Gasteiger partial charge >= 0.3 is 5.00 Å². The average molecular weight is 297 g/mol. The van der Waals surface area contributed by atoms with E-state index < -0.39 is 4.92 Å². The maximum absolute atomic E-state index is 12.0. The van der Waals surface area contributed by atoms with Gasteiger partial charge in [0.05, 0.1) is 10.5 Å². The van der Waals surface area contributed by atoms with Gasteiger partial charge in [0, 0.05) is 24.0 Å². The lowest BCUT2D eigenvalue weighted by Crippen LogP contribution is -2.43. The van der Waals surface area contributed by atoms with Gasteiger partial charge in [0.25, 0.3) is 5.91 Å². The third-order valence-electron chi connectivity index (χ3n) is 3.39. The van der Waals surface area contributed by atoms with Crippen LogP contribution >= 0.6 is 11.3 Å². The summed E-state index contributed by atoms with van der Waals surface area (Å²) >= 11 is 0.978. The van der Waals surface area contributed by atoms with Crippen molar-refractivity contribution < 1.29 is 9.72 Å². The summed E-state index contributed by atoms with van der Waals surface area (Å²) in [4.78, 5) is 24.5. The Bertz CT molecular complexity index is 483. The third kappa shape index (κ3) is 4.01. The van der Waals surface area contributed by atoms with E-state index in [4.69, 9.17) is 0 Å². The van der Waals surface area contributed by atoms with Gasteiger partial charge < -0.3 is 10.2 Å². The summed E-state index contributed by atoms with van der Waals surface area (Å²) in [6.45, 7) is 4.97. The number of nitrogens with zero attached hydrogens (tertiary/aromatic N) is 2. The molecule has 6 nitrogen and oxygen atoms in total. The van der Waals surface area contributed by atoms with E-state index in [9.17, 15) is 14.9 Å². The summed E-state index contributed by atoms with van der Waals surface area (Å²) in [5.41, 5.74) is 0.368. The van der Waals surface area contributed by atoms with Crippen molar-refractivity contribution in [1.82, 2.24) is 10.2 Å². The van der Waals surface area contributed by atoms with Crippen LogP contribution in [0.1, 0.15) is 36.5 Å². The standard InChI is InChI=1S/C13H19N3O3S/c1-10(8-15-5-3-2-4-6-15)14-13(17)11-7-12(16(18)19)20-9-11/h7,9-10H,2-6,8H2,1H3,(H,14,17). The molecule has 1 saturated heterocycles. The zero-order chi connectivity index (χ0) is 14.5. The van der Waals surface area contributed by atoms with Gasteiger partial charge in [-0.25, -0.2) is 0 Å². The minimum atomic E-state index is -0.474. The smallest absolute Gasteiger partial charge is 0.324 e. The van der Waals surface area contributed by atoms with E-state index >= 15 is 0 Å². The van der Waals surface area contributed by atoms with Crippen molar-refractivity contribution in [1.29, 1.82) is 0 Å². The molecule has 1 amide bonds. The molecule has 2 heterocycles. The van der Waals surface area contributed by atoms with Crippen LogP contribution in [0, 0.1) is 10.1 Å². The predicted molar refractivity (Wildman–Crippen MR) is 78.2 cm³/mol. The number of amides is 1. The fourth-order valence-electron chi connectivity index (χ4n) is 2.42. The van der Waals surface area contributed by atoms with Gasteiger partial charge in [0.15, 0.2) is 0 Å². The minimum Gasteiger partial charge on any atom is -0.348 e. The number of likely N-dealkylation sites (tertiary alicyclic amines) is 1. The zero-order valence-corrected chi connectivity index (χ0v) is 12.3. The molecule has 7 heteroatoms. The van der Waals surface area contributed by atoms with Gasteiger partial charge in [-0.05, 0) is 32.9 Å². The Morgan fingerprint density at radius 2 is 2.20 bits per heavy atom. The molecule has 1 N–H and O–H groups in total. The fourth-order valence-corrected chi connectivity index (χ4v) is 3.13. The van der Waals surface area contributed by atoms with E-state index in [1.165, 1.54) is 30.7 Å². The Kier molecular flexibility index (Phi) is 5.08. The first-order valence-electron chi connectivity index (χ1n) is 6.82. The van der Waals surface area contributed by atoms with Crippen LogP contribution in [0.25, 0.3) is 0 Å². The molecule has 0 saturated carbocycles. The second-order valence-electron chi connectivity index (χ2n) is 5.17. The van der Waals surface area contributed by atoms with Crippen molar-refractivity contribution >= 4 is 22.2 Å². The largest absolute Gasteiger partial charge is 0.348 e. The molecule has 0 radical (unpaired) electrons. The molecular weight excluding hydrogens is 278 g/mol. The highest BCUT2D eigenvalue weighted by Crippen LogP contribution is 2.22.